The zero-order valence-electron chi connectivity index (χ0n) is 7.21. The molecule has 0 fully saturated rings. The summed E-state index contributed by atoms with van der Waals surface area (Å²) in [7, 11) is 3.58. The number of ether oxygens (including phenoxy) is 1. The van der Waals surface area contributed by atoms with Gasteiger partial charge in [0.05, 0.1) is 13.2 Å². The van der Waals surface area contributed by atoms with E-state index in [1.807, 2.05) is 11.9 Å². The van der Waals surface area contributed by atoms with E-state index in [0.29, 0.717) is 13.2 Å². The molecule has 0 heterocycles. The quantitative estimate of drug-likeness (QED) is 0.547. The van der Waals surface area contributed by atoms with Crippen LogP contribution in [-0.4, -0.2) is 44.8 Å². The minimum atomic E-state index is 0.0540. The number of terminal acetylenes is 1. The number of hydrogen-bond donors (Lipinski definition) is 1. The van der Waals surface area contributed by atoms with Gasteiger partial charge >= 0.3 is 0 Å². The van der Waals surface area contributed by atoms with Crippen LogP contribution >= 0.6 is 0 Å². The van der Waals surface area contributed by atoms with Gasteiger partial charge in [0.1, 0.15) is 0 Å². The Hall–Kier alpha value is -0.560. The van der Waals surface area contributed by atoms with Crippen molar-refractivity contribution in [1.82, 2.24) is 4.90 Å². The number of nitrogens with zero attached hydrogens (tertiary/aromatic N) is 1. The maximum absolute atomic E-state index is 5.68. The zero-order chi connectivity index (χ0) is 8.69. The largest absolute Gasteiger partial charge is 0.383 e. The Kier molecular flexibility index (Phi) is 5.86. The van der Waals surface area contributed by atoms with Crippen LogP contribution in [-0.2, 0) is 4.74 Å². The summed E-state index contributed by atoms with van der Waals surface area (Å²) in [5.74, 6) is 2.54. The van der Waals surface area contributed by atoms with E-state index in [4.69, 9.17) is 16.9 Å². The van der Waals surface area contributed by atoms with Crippen molar-refractivity contribution in [2.45, 2.75) is 6.04 Å². The molecule has 0 saturated heterocycles. The minimum absolute atomic E-state index is 0.0540. The molecule has 1 unspecified atom stereocenters. The molecule has 0 aliphatic heterocycles. The van der Waals surface area contributed by atoms with Crippen LogP contribution in [0.25, 0.3) is 0 Å². The molecule has 1 atom stereocenters. The van der Waals surface area contributed by atoms with E-state index in [0.717, 1.165) is 6.54 Å². The Morgan fingerprint density at radius 3 is 2.82 bits per heavy atom. The van der Waals surface area contributed by atoms with Gasteiger partial charge in [-0.1, -0.05) is 5.92 Å². The van der Waals surface area contributed by atoms with Gasteiger partial charge in [-0.25, -0.2) is 0 Å². The van der Waals surface area contributed by atoms with Crippen molar-refractivity contribution in [3.8, 4) is 12.3 Å². The van der Waals surface area contributed by atoms with Crippen molar-refractivity contribution in [2.24, 2.45) is 5.73 Å². The molecule has 0 aromatic heterocycles. The second kappa shape index (κ2) is 6.17. The SMILES string of the molecule is C#CCN(C)CC(N)COC. The molecule has 0 bridgehead atoms. The third-order valence-corrected chi connectivity index (χ3v) is 1.29. The van der Waals surface area contributed by atoms with Crippen molar-refractivity contribution < 1.29 is 4.74 Å². The van der Waals surface area contributed by atoms with Gasteiger partial charge in [0, 0.05) is 19.7 Å². The zero-order valence-corrected chi connectivity index (χ0v) is 7.21. The van der Waals surface area contributed by atoms with Gasteiger partial charge in [0.25, 0.3) is 0 Å². The molecule has 0 saturated carbocycles. The van der Waals surface area contributed by atoms with Crippen molar-refractivity contribution in [3.05, 3.63) is 0 Å². The van der Waals surface area contributed by atoms with Gasteiger partial charge in [-0.15, -0.1) is 6.42 Å². The Morgan fingerprint density at radius 2 is 2.36 bits per heavy atom. The first kappa shape index (κ1) is 10.4. The number of rotatable bonds is 5. The molecule has 3 heteroatoms. The van der Waals surface area contributed by atoms with E-state index in [-0.39, 0.29) is 6.04 Å². The minimum Gasteiger partial charge on any atom is -0.383 e. The molecule has 0 aliphatic carbocycles. The number of nitrogens with two attached hydrogens (primary N) is 1. The van der Waals surface area contributed by atoms with Gasteiger partial charge < -0.3 is 10.5 Å². The smallest absolute Gasteiger partial charge is 0.0626 e. The normalized spacial score (nSPS) is 13.0. The van der Waals surface area contributed by atoms with Crippen molar-refractivity contribution in [3.63, 3.8) is 0 Å². The highest BCUT2D eigenvalue weighted by molar-refractivity contribution is 4.87. The van der Waals surface area contributed by atoms with Crippen LogP contribution in [0.2, 0.25) is 0 Å². The lowest BCUT2D eigenvalue weighted by molar-refractivity contribution is 0.164. The molecule has 0 aliphatic rings. The Bertz CT molecular complexity index is 131. The second-order valence-corrected chi connectivity index (χ2v) is 2.62. The summed E-state index contributed by atoms with van der Waals surface area (Å²) >= 11 is 0. The topological polar surface area (TPSA) is 38.5 Å². The third-order valence-electron chi connectivity index (χ3n) is 1.29. The van der Waals surface area contributed by atoms with Gasteiger partial charge in [-0.2, -0.15) is 0 Å². The molecular weight excluding hydrogens is 140 g/mol. The van der Waals surface area contributed by atoms with Gasteiger partial charge in [0.15, 0.2) is 0 Å². The molecule has 3 nitrogen and oxygen atoms in total. The van der Waals surface area contributed by atoms with E-state index in [2.05, 4.69) is 5.92 Å². The molecule has 0 rings (SSSR count). The van der Waals surface area contributed by atoms with Crippen LogP contribution in [0, 0.1) is 12.3 Å². The summed E-state index contributed by atoms with van der Waals surface area (Å²) in [6, 6.07) is 0.0540. The summed E-state index contributed by atoms with van der Waals surface area (Å²) in [6.07, 6.45) is 5.12. The molecule has 0 amide bonds. The molecule has 64 valence electrons. The number of hydrogen-bond acceptors (Lipinski definition) is 3. The summed E-state index contributed by atoms with van der Waals surface area (Å²) in [5.41, 5.74) is 5.68. The fraction of sp³-hybridized carbons (Fsp3) is 0.750. The van der Waals surface area contributed by atoms with Crippen molar-refractivity contribution in [1.29, 1.82) is 0 Å². The fourth-order valence-corrected chi connectivity index (χ4v) is 0.887. The summed E-state index contributed by atoms with van der Waals surface area (Å²) in [6.45, 7) is 1.99. The van der Waals surface area contributed by atoms with E-state index >= 15 is 0 Å². The van der Waals surface area contributed by atoms with Gasteiger partial charge in [0.2, 0.25) is 0 Å². The van der Waals surface area contributed by atoms with Crippen LogP contribution in [0.3, 0.4) is 0 Å². The standard InChI is InChI=1S/C8H16N2O/c1-4-5-10(2)6-8(9)7-11-3/h1,8H,5-7,9H2,2-3H3. The first-order valence-corrected chi connectivity index (χ1v) is 3.57. The number of likely N-dealkylation sites (N-methyl/N-ethyl adjacent to an activating group) is 1. The first-order chi connectivity index (χ1) is 5.20. The van der Waals surface area contributed by atoms with Crippen LogP contribution in [0.1, 0.15) is 0 Å². The van der Waals surface area contributed by atoms with Crippen LogP contribution < -0.4 is 5.73 Å². The maximum Gasteiger partial charge on any atom is 0.0626 e. The lowest BCUT2D eigenvalue weighted by atomic mass is 10.3. The molecule has 11 heavy (non-hydrogen) atoms. The lowest BCUT2D eigenvalue weighted by Crippen LogP contribution is -2.38. The predicted molar refractivity (Wildman–Crippen MR) is 46.2 cm³/mol. The van der Waals surface area contributed by atoms with E-state index in [9.17, 15) is 0 Å². The highest BCUT2D eigenvalue weighted by Gasteiger charge is 2.04. The van der Waals surface area contributed by atoms with Crippen LogP contribution in [0.5, 0.6) is 0 Å². The van der Waals surface area contributed by atoms with Gasteiger partial charge in [-0.3, -0.25) is 4.90 Å². The van der Waals surface area contributed by atoms with Crippen LogP contribution in [0.15, 0.2) is 0 Å². The van der Waals surface area contributed by atoms with E-state index < -0.39 is 0 Å². The highest BCUT2D eigenvalue weighted by atomic mass is 16.5. The Morgan fingerprint density at radius 1 is 1.73 bits per heavy atom. The molecule has 0 spiro atoms. The summed E-state index contributed by atoms with van der Waals surface area (Å²) < 4.78 is 4.88. The number of methoxy groups -OCH3 is 1. The monoisotopic (exact) mass is 156 g/mol. The Labute approximate surface area is 68.5 Å². The molecule has 0 radical (unpaired) electrons. The third kappa shape index (κ3) is 5.86. The molecule has 2 N–H and O–H groups in total. The summed E-state index contributed by atoms with van der Waals surface area (Å²) in [5, 5.41) is 0. The first-order valence-electron chi connectivity index (χ1n) is 3.57. The average Bonchev–Trinajstić information content (AvgIpc) is 1.87. The lowest BCUT2D eigenvalue weighted by Gasteiger charge is -2.17. The van der Waals surface area contributed by atoms with Crippen LogP contribution in [0.4, 0.5) is 0 Å². The van der Waals surface area contributed by atoms with E-state index in [1.165, 1.54) is 0 Å². The van der Waals surface area contributed by atoms with Crippen molar-refractivity contribution >= 4 is 0 Å². The molecular formula is C8H16N2O. The fourth-order valence-electron chi connectivity index (χ4n) is 0.887. The second-order valence-electron chi connectivity index (χ2n) is 2.62. The predicted octanol–water partition coefficient (Wildman–Crippen LogP) is -0.475. The summed E-state index contributed by atoms with van der Waals surface area (Å²) in [4.78, 5) is 1.99. The Balaban J connectivity index is 3.41. The maximum atomic E-state index is 5.68. The molecule has 0 aromatic rings. The molecule has 0 aromatic carbocycles. The van der Waals surface area contributed by atoms with Gasteiger partial charge in [-0.05, 0) is 7.05 Å². The average molecular weight is 156 g/mol. The highest BCUT2D eigenvalue weighted by Crippen LogP contribution is 1.85. The van der Waals surface area contributed by atoms with E-state index in [1.54, 1.807) is 7.11 Å². The van der Waals surface area contributed by atoms with Crippen molar-refractivity contribution in [2.75, 3.05) is 33.9 Å².